The number of nitrogens with zero attached hydrogens (tertiary/aromatic N) is 2. The van der Waals surface area contributed by atoms with E-state index in [1.165, 1.54) is 18.7 Å². The lowest BCUT2D eigenvalue weighted by molar-refractivity contribution is 0.102. The topological polar surface area (TPSA) is 94.0 Å². The summed E-state index contributed by atoms with van der Waals surface area (Å²) in [4.78, 5) is 15.6. The molecule has 82 valence electrons. The van der Waals surface area contributed by atoms with E-state index in [0.717, 1.165) is 0 Å². The van der Waals surface area contributed by atoms with Gasteiger partial charge in [0.25, 0.3) is 5.91 Å². The Morgan fingerprint density at radius 1 is 1.50 bits per heavy atom. The zero-order valence-corrected chi connectivity index (χ0v) is 9.56. The second-order valence-electron chi connectivity index (χ2n) is 2.95. The molecule has 0 aliphatic carbocycles. The molecule has 0 saturated carbocycles. The number of carbonyl (C=O) groups is 1. The third kappa shape index (κ3) is 2.19. The molecule has 2 rings (SSSR count). The molecule has 16 heavy (non-hydrogen) atoms. The normalized spacial score (nSPS) is 10.1. The van der Waals surface area contributed by atoms with Crippen molar-refractivity contribution >= 4 is 33.3 Å². The van der Waals surface area contributed by atoms with Gasteiger partial charge in [-0.2, -0.15) is 0 Å². The van der Waals surface area contributed by atoms with Gasteiger partial charge in [0, 0.05) is 10.7 Å². The Morgan fingerprint density at radius 3 is 3.00 bits per heavy atom. The SMILES string of the molecule is Nc1ncc(Br)cc1C(=O)Nc1cnoc1. The summed E-state index contributed by atoms with van der Waals surface area (Å²) in [6, 6.07) is 1.59. The van der Waals surface area contributed by atoms with E-state index in [9.17, 15) is 4.79 Å². The van der Waals surface area contributed by atoms with E-state index in [2.05, 4.69) is 35.9 Å². The van der Waals surface area contributed by atoms with Gasteiger partial charge < -0.3 is 15.6 Å². The number of nitrogen functional groups attached to an aromatic ring is 1. The fourth-order valence-corrected chi connectivity index (χ4v) is 1.43. The van der Waals surface area contributed by atoms with Gasteiger partial charge in [0.15, 0.2) is 0 Å². The molecule has 0 saturated heterocycles. The van der Waals surface area contributed by atoms with Gasteiger partial charge in [-0.3, -0.25) is 4.79 Å². The van der Waals surface area contributed by atoms with Crippen molar-refractivity contribution in [1.29, 1.82) is 0 Å². The lowest BCUT2D eigenvalue weighted by Gasteiger charge is -2.04. The summed E-state index contributed by atoms with van der Waals surface area (Å²) < 4.78 is 5.26. The number of nitrogens with one attached hydrogen (secondary N) is 1. The van der Waals surface area contributed by atoms with Crippen LogP contribution in [0.15, 0.2) is 33.7 Å². The summed E-state index contributed by atoms with van der Waals surface area (Å²) in [5.74, 6) is -0.202. The number of rotatable bonds is 2. The summed E-state index contributed by atoms with van der Waals surface area (Å²) in [6.45, 7) is 0. The summed E-state index contributed by atoms with van der Waals surface area (Å²) >= 11 is 3.21. The Bertz CT molecular complexity index is 512. The van der Waals surface area contributed by atoms with E-state index >= 15 is 0 Å². The van der Waals surface area contributed by atoms with Crippen LogP contribution in [-0.2, 0) is 0 Å². The number of hydrogen-bond donors (Lipinski definition) is 2. The second kappa shape index (κ2) is 4.31. The highest BCUT2D eigenvalue weighted by Gasteiger charge is 2.12. The first kappa shape index (κ1) is 10.6. The Labute approximate surface area is 99.0 Å². The maximum absolute atomic E-state index is 11.8. The lowest BCUT2D eigenvalue weighted by Crippen LogP contribution is -2.14. The quantitative estimate of drug-likeness (QED) is 0.874. The molecule has 0 unspecified atom stereocenters. The van der Waals surface area contributed by atoms with Gasteiger partial charge in [0.05, 0.1) is 11.8 Å². The monoisotopic (exact) mass is 282 g/mol. The molecule has 0 spiro atoms. The smallest absolute Gasteiger partial charge is 0.259 e. The molecule has 0 aromatic carbocycles. The molecule has 0 aliphatic rings. The number of amides is 1. The van der Waals surface area contributed by atoms with Crippen LogP contribution in [0.2, 0.25) is 0 Å². The Morgan fingerprint density at radius 2 is 2.31 bits per heavy atom. The molecule has 0 radical (unpaired) electrons. The molecule has 0 fully saturated rings. The van der Waals surface area contributed by atoms with Crippen molar-refractivity contribution in [2.45, 2.75) is 0 Å². The first-order valence-corrected chi connectivity index (χ1v) is 5.08. The number of halogens is 1. The molecule has 2 heterocycles. The molecule has 1 amide bonds. The predicted octanol–water partition coefficient (Wildman–Crippen LogP) is 1.67. The van der Waals surface area contributed by atoms with Gasteiger partial charge >= 0.3 is 0 Å². The average molecular weight is 283 g/mol. The van der Waals surface area contributed by atoms with Crippen molar-refractivity contribution in [1.82, 2.24) is 10.1 Å². The van der Waals surface area contributed by atoms with Crippen LogP contribution in [0.4, 0.5) is 11.5 Å². The van der Waals surface area contributed by atoms with Gasteiger partial charge in [-0.15, -0.1) is 0 Å². The molecule has 2 aromatic rings. The van der Waals surface area contributed by atoms with Crippen molar-refractivity contribution in [3.63, 3.8) is 0 Å². The van der Waals surface area contributed by atoms with E-state index in [1.807, 2.05) is 0 Å². The Kier molecular flexibility index (Phi) is 2.86. The lowest BCUT2D eigenvalue weighted by atomic mass is 10.2. The largest absolute Gasteiger partial charge is 0.383 e. The van der Waals surface area contributed by atoms with Crippen LogP contribution in [0.3, 0.4) is 0 Å². The molecular weight excluding hydrogens is 276 g/mol. The minimum absolute atomic E-state index is 0.164. The summed E-state index contributed by atoms with van der Waals surface area (Å²) in [7, 11) is 0. The van der Waals surface area contributed by atoms with Crippen molar-refractivity contribution in [3.8, 4) is 0 Å². The van der Waals surface area contributed by atoms with Crippen LogP contribution in [-0.4, -0.2) is 16.0 Å². The summed E-state index contributed by atoms with van der Waals surface area (Å²) in [5, 5.41) is 6.03. The van der Waals surface area contributed by atoms with Crippen LogP contribution in [0.1, 0.15) is 10.4 Å². The zero-order valence-electron chi connectivity index (χ0n) is 7.98. The van der Waals surface area contributed by atoms with E-state index in [4.69, 9.17) is 5.73 Å². The molecule has 7 heteroatoms. The first-order chi connectivity index (χ1) is 7.66. The van der Waals surface area contributed by atoms with Gasteiger partial charge in [-0.1, -0.05) is 5.16 Å². The molecule has 3 N–H and O–H groups in total. The van der Waals surface area contributed by atoms with Gasteiger partial charge in [0.2, 0.25) is 0 Å². The van der Waals surface area contributed by atoms with Crippen LogP contribution in [0.25, 0.3) is 0 Å². The number of hydrogen-bond acceptors (Lipinski definition) is 5. The highest BCUT2D eigenvalue weighted by atomic mass is 79.9. The maximum atomic E-state index is 11.8. The number of aromatic nitrogens is 2. The molecule has 0 bridgehead atoms. The van der Waals surface area contributed by atoms with Crippen LogP contribution in [0.5, 0.6) is 0 Å². The number of pyridine rings is 1. The molecule has 6 nitrogen and oxygen atoms in total. The second-order valence-corrected chi connectivity index (χ2v) is 3.87. The fourth-order valence-electron chi connectivity index (χ4n) is 1.10. The summed E-state index contributed by atoms with van der Waals surface area (Å²) in [6.07, 6.45) is 4.23. The standard InChI is InChI=1S/C9H7BrN4O2/c10-5-1-7(8(11)12-2-5)9(15)14-6-3-13-16-4-6/h1-4H,(H2,11,12)(H,14,15). The summed E-state index contributed by atoms with van der Waals surface area (Å²) in [5.41, 5.74) is 6.34. The zero-order chi connectivity index (χ0) is 11.5. The minimum Gasteiger partial charge on any atom is -0.383 e. The molecule has 0 aliphatic heterocycles. The van der Waals surface area contributed by atoms with Crippen LogP contribution >= 0.6 is 15.9 Å². The molecule has 0 atom stereocenters. The predicted molar refractivity (Wildman–Crippen MR) is 60.8 cm³/mol. The van der Waals surface area contributed by atoms with Gasteiger partial charge in [-0.25, -0.2) is 4.98 Å². The fraction of sp³-hybridized carbons (Fsp3) is 0. The first-order valence-electron chi connectivity index (χ1n) is 4.28. The van der Waals surface area contributed by atoms with E-state index in [1.54, 1.807) is 6.07 Å². The van der Waals surface area contributed by atoms with Gasteiger partial charge in [-0.05, 0) is 22.0 Å². The van der Waals surface area contributed by atoms with Crippen molar-refractivity contribution in [2.75, 3.05) is 11.1 Å². The van der Waals surface area contributed by atoms with Crippen molar-refractivity contribution in [2.24, 2.45) is 0 Å². The van der Waals surface area contributed by atoms with E-state index < -0.39 is 0 Å². The Balaban J connectivity index is 2.24. The third-order valence-electron chi connectivity index (χ3n) is 1.82. The van der Waals surface area contributed by atoms with Crippen molar-refractivity contribution < 1.29 is 9.32 Å². The van der Waals surface area contributed by atoms with Crippen molar-refractivity contribution in [3.05, 3.63) is 34.8 Å². The van der Waals surface area contributed by atoms with Gasteiger partial charge in [0.1, 0.15) is 17.8 Å². The number of anilines is 2. The Hall–Kier alpha value is -1.89. The van der Waals surface area contributed by atoms with Crippen LogP contribution in [0, 0.1) is 0 Å². The van der Waals surface area contributed by atoms with Crippen LogP contribution < -0.4 is 11.1 Å². The maximum Gasteiger partial charge on any atom is 0.259 e. The number of carbonyl (C=O) groups excluding carboxylic acids is 1. The minimum atomic E-state index is -0.366. The molecular formula is C9H7BrN4O2. The van der Waals surface area contributed by atoms with E-state index in [-0.39, 0.29) is 17.3 Å². The highest BCUT2D eigenvalue weighted by Crippen LogP contribution is 2.17. The number of nitrogens with two attached hydrogens (primary N) is 1. The van der Waals surface area contributed by atoms with E-state index in [0.29, 0.717) is 10.2 Å². The molecule has 2 aromatic heterocycles. The highest BCUT2D eigenvalue weighted by molar-refractivity contribution is 9.10. The third-order valence-corrected chi connectivity index (χ3v) is 2.25. The average Bonchev–Trinajstić information content (AvgIpc) is 2.74.